The van der Waals surface area contributed by atoms with Gasteiger partial charge in [0.25, 0.3) is 0 Å². The zero-order valence-corrected chi connectivity index (χ0v) is 11.3. The SMILES string of the molecule is C=Cc1cccc2c(=O)cc(N3CCC=CCC3)oc12.[HH]. The first-order valence-corrected chi connectivity index (χ1v) is 6.89. The van der Waals surface area contributed by atoms with Crippen LogP contribution in [0.5, 0.6) is 0 Å². The van der Waals surface area contributed by atoms with E-state index < -0.39 is 0 Å². The van der Waals surface area contributed by atoms with Gasteiger partial charge in [0.1, 0.15) is 5.58 Å². The summed E-state index contributed by atoms with van der Waals surface area (Å²) in [6.45, 7) is 5.53. The molecule has 3 heteroatoms. The Morgan fingerprint density at radius 3 is 2.70 bits per heavy atom. The number of rotatable bonds is 2. The zero-order valence-electron chi connectivity index (χ0n) is 11.3. The van der Waals surface area contributed by atoms with Crippen molar-refractivity contribution in [2.75, 3.05) is 18.0 Å². The fourth-order valence-corrected chi connectivity index (χ4v) is 2.53. The van der Waals surface area contributed by atoms with Crippen LogP contribution in [0.1, 0.15) is 19.8 Å². The number of para-hydroxylation sites is 1. The van der Waals surface area contributed by atoms with E-state index in [2.05, 4.69) is 23.6 Å². The fraction of sp³-hybridized carbons (Fsp3) is 0.235. The summed E-state index contributed by atoms with van der Waals surface area (Å²) in [7, 11) is 0. The Bertz CT molecular complexity index is 723. The van der Waals surface area contributed by atoms with Crippen LogP contribution in [0.4, 0.5) is 5.88 Å². The van der Waals surface area contributed by atoms with Crippen molar-refractivity contribution in [3.05, 3.63) is 58.8 Å². The van der Waals surface area contributed by atoms with Gasteiger partial charge in [-0.15, -0.1) is 0 Å². The minimum atomic E-state index is 0. The van der Waals surface area contributed by atoms with Crippen molar-refractivity contribution in [3.63, 3.8) is 0 Å². The molecule has 3 nitrogen and oxygen atoms in total. The average Bonchev–Trinajstić information content (AvgIpc) is 2.75. The smallest absolute Gasteiger partial charge is 0.200 e. The molecule has 0 saturated heterocycles. The van der Waals surface area contributed by atoms with Gasteiger partial charge in [0, 0.05) is 26.1 Å². The van der Waals surface area contributed by atoms with E-state index in [-0.39, 0.29) is 6.86 Å². The van der Waals surface area contributed by atoms with Crippen molar-refractivity contribution in [1.29, 1.82) is 0 Å². The first-order valence-electron chi connectivity index (χ1n) is 6.89. The van der Waals surface area contributed by atoms with E-state index in [4.69, 9.17) is 4.42 Å². The summed E-state index contributed by atoms with van der Waals surface area (Å²) in [6.07, 6.45) is 8.03. The lowest BCUT2D eigenvalue weighted by molar-refractivity contribution is 0.571. The third-order valence-electron chi connectivity index (χ3n) is 3.60. The lowest BCUT2D eigenvalue weighted by atomic mass is 10.1. The number of anilines is 1. The largest absolute Gasteiger partial charge is 0.440 e. The quantitative estimate of drug-likeness (QED) is 0.777. The summed E-state index contributed by atoms with van der Waals surface area (Å²) < 4.78 is 5.99. The predicted molar refractivity (Wildman–Crippen MR) is 85.3 cm³/mol. The lowest BCUT2D eigenvalue weighted by Gasteiger charge is -2.21. The summed E-state index contributed by atoms with van der Waals surface area (Å²) >= 11 is 0. The van der Waals surface area contributed by atoms with Crippen LogP contribution in [-0.4, -0.2) is 13.1 Å². The Morgan fingerprint density at radius 1 is 1.25 bits per heavy atom. The van der Waals surface area contributed by atoms with E-state index >= 15 is 0 Å². The second-order valence-corrected chi connectivity index (χ2v) is 4.91. The van der Waals surface area contributed by atoms with Gasteiger partial charge in [-0.1, -0.05) is 36.9 Å². The molecular weight excluding hydrogens is 250 g/mol. The first-order chi connectivity index (χ1) is 9.79. The highest BCUT2D eigenvalue weighted by Crippen LogP contribution is 2.24. The molecule has 3 rings (SSSR count). The Morgan fingerprint density at radius 2 is 2.00 bits per heavy atom. The Labute approximate surface area is 119 Å². The first kappa shape index (κ1) is 12.7. The van der Waals surface area contributed by atoms with Crippen molar-refractivity contribution in [3.8, 4) is 0 Å². The molecule has 0 saturated carbocycles. The van der Waals surface area contributed by atoms with Crippen LogP contribution in [0.15, 0.2) is 52.2 Å². The van der Waals surface area contributed by atoms with Gasteiger partial charge in [0.05, 0.1) is 5.39 Å². The maximum absolute atomic E-state index is 12.3. The number of nitrogens with zero attached hydrogens (tertiary/aromatic N) is 1. The summed E-state index contributed by atoms with van der Waals surface area (Å²) in [5, 5.41) is 0.610. The highest BCUT2D eigenvalue weighted by molar-refractivity contribution is 5.85. The Balaban J connectivity index is 0.00000161. The highest BCUT2D eigenvalue weighted by atomic mass is 16.4. The number of hydrogen-bond donors (Lipinski definition) is 0. The molecule has 0 unspecified atom stereocenters. The molecule has 1 aliphatic heterocycles. The van der Waals surface area contributed by atoms with E-state index in [0.29, 0.717) is 16.9 Å². The van der Waals surface area contributed by atoms with E-state index in [0.717, 1.165) is 31.5 Å². The van der Waals surface area contributed by atoms with Gasteiger partial charge in [-0.05, 0) is 18.9 Å². The van der Waals surface area contributed by atoms with E-state index in [9.17, 15) is 4.79 Å². The molecule has 20 heavy (non-hydrogen) atoms. The van der Waals surface area contributed by atoms with Gasteiger partial charge in [0.2, 0.25) is 0 Å². The minimum Gasteiger partial charge on any atom is -0.440 e. The third kappa shape index (κ3) is 2.27. The molecule has 0 fully saturated rings. The standard InChI is InChI=1S/C17H17NO2.H2/c1-2-13-8-7-9-14-15(19)12-16(20-17(13)14)18-10-5-3-4-6-11-18;/h2-4,7-9,12H,1,5-6,10-11H2;1H. The van der Waals surface area contributed by atoms with Crippen molar-refractivity contribution >= 4 is 22.9 Å². The topological polar surface area (TPSA) is 33.5 Å². The average molecular weight is 269 g/mol. The molecule has 0 radical (unpaired) electrons. The number of fused-ring (bicyclic) bond motifs is 1. The van der Waals surface area contributed by atoms with Crippen molar-refractivity contribution in [2.24, 2.45) is 0 Å². The van der Waals surface area contributed by atoms with Gasteiger partial charge < -0.3 is 9.32 Å². The molecule has 0 bridgehead atoms. The highest BCUT2D eigenvalue weighted by Gasteiger charge is 2.13. The lowest BCUT2D eigenvalue weighted by Crippen LogP contribution is -2.25. The monoisotopic (exact) mass is 269 g/mol. The maximum Gasteiger partial charge on any atom is 0.200 e. The summed E-state index contributed by atoms with van der Waals surface area (Å²) in [4.78, 5) is 14.4. The summed E-state index contributed by atoms with van der Waals surface area (Å²) in [5.74, 6) is 0.653. The minimum absolute atomic E-state index is 0. The zero-order chi connectivity index (χ0) is 13.9. The van der Waals surface area contributed by atoms with Crippen LogP contribution in [-0.2, 0) is 0 Å². The van der Waals surface area contributed by atoms with Gasteiger partial charge in [-0.3, -0.25) is 4.79 Å². The number of benzene rings is 1. The van der Waals surface area contributed by atoms with Crippen LogP contribution in [0, 0.1) is 0 Å². The number of hydrogen-bond acceptors (Lipinski definition) is 3. The van der Waals surface area contributed by atoms with Crippen LogP contribution in [0.3, 0.4) is 0 Å². The molecule has 0 aliphatic carbocycles. The molecule has 104 valence electrons. The second-order valence-electron chi connectivity index (χ2n) is 4.91. The molecule has 1 aliphatic rings. The summed E-state index contributed by atoms with van der Waals surface area (Å²) in [5.41, 5.74) is 1.48. The van der Waals surface area contributed by atoms with E-state index in [1.165, 1.54) is 0 Å². The predicted octanol–water partition coefficient (Wildman–Crippen LogP) is 3.84. The molecule has 2 heterocycles. The van der Waals surface area contributed by atoms with Crippen LogP contribution >= 0.6 is 0 Å². The van der Waals surface area contributed by atoms with Crippen LogP contribution in [0.25, 0.3) is 17.0 Å². The normalized spacial score (nSPS) is 15.3. The second kappa shape index (κ2) is 5.37. The molecular formula is C17H19NO2. The van der Waals surface area contributed by atoms with E-state index in [1.54, 1.807) is 18.2 Å². The van der Waals surface area contributed by atoms with Crippen molar-refractivity contribution in [1.82, 2.24) is 0 Å². The van der Waals surface area contributed by atoms with E-state index in [1.807, 2.05) is 12.1 Å². The summed E-state index contributed by atoms with van der Waals surface area (Å²) in [6, 6.07) is 7.15. The maximum atomic E-state index is 12.3. The van der Waals surface area contributed by atoms with Crippen molar-refractivity contribution in [2.45, 2.75) is 12.8 Å². The molecule has 0 atom stereocenters. The van der Waals surface area contributed by atoms with Gasteiger partial charge in [0.15, 0.2) is 11.3 Å². The Kier molecular flexibility index (Phi) is 3.42. The molecule has 1 aromatic heterocycles. The molecule has 0 amide bonds. The third-order valence-corrected chi connectivity index (χ3v) is 3.60. The van der Waals surface area contributed by atoms with Gasteiger partial charge in [-0.2, -0.15) is 0 Å². The Hall–Kier alpha value is -2.29. The van der Waals surface area contributed by atoms with Crippen molar-refractivity contribution < 1.29 is 5.84 Å². The molecule has 0 spiro atoms. The van der Waals surface area contributed by atoms with Gasteiger partial charge >= 0.3 is 0 Å². The van der Waals surface area contributed by atoms with Gasteiger partial charge in [-0.25, -0.2) is 0 Å². The molecule has 2 aromatic rings. The van der Waals surface area contributed by atoms with Crippen LogP contribution in [0.2, 0.25) is 0 Å². The fourth-order valence-electron chi connectivity index (χ4n) is 2.53. The molecule has 1 aromatic carbocycles. The van der Waals surface area contributed by atoms with Crippen LogP contribution < -0.4 is 10.3 Å². The molecule has 0 N–H and O–H groups in total.